The fourth-order valence-electron chi connectivity index (χ4n) is 1.39. The van der Waals surface area contributed by atoms with E-state index in [2.05, 4.69) is 10.6 Å². The third-order valence-electron chi connectivity index (χ3n) is 3.28. The molecule has 0 aromatic heterocycles. The Morgan fingerprint density at radius 2 is 1.90 bits per heavy atom. The minimum atomic E-state index is -1.02. The summed E-state index contributed by atoms with van der Waals surface area (Å²) in [6.45, 7) is 3.98. The van der Waals surface area contributed by atoms with Gasteiger partial charge in [0.1, 0.15) is 6.54 Å². The highest BCUT2D eigenvalue weighted by Gasteiger charge is 2.31. The summed E-state index contributed by atoms with van der Waals surface area (Å²) in [6, 6.07) is -0.488. The Morgan fingerprint density at radius 1 is 1.29 bits per heavy atom. The number of carbonyl (C=O) groups is 3. The number of aliphatic carboxylic acids is 1. The molecule has 1 unspecified atom stereocenters. The molecule has 0 fully saturated rings. The van der Waals surface area contributed by atoms with Gasteiger partial charge in [-0.3, -0.25) is 9.59 Å². The van der Waals surface area contributed by atoms with Gasteiger partial charge in [-0.15, -0.1) is 0 Å². The molecule has 0 bridgehead atoms. The molecule has 8 nitrogen and oxygen atoms in total. The summed E-state index contributed by atoms with van der Waals surface area (Å²) in [7, 11) is 2.99. The van der Waals surface area contributed by atoms with Gasteiger partial charge in [0.15, 0.2) is 0 Å². The van der Waals surface area contributed by atoms with Crippen LogP contribution < -0.4 is 10.6 Å². The van der Waals surface area contributed by atoms with E-state index in [0.29, 0.717) is 19.6 Å². The van der Waals surface area contributed by atoms with Gasteiger partial charge in [0.05, 0.1) is 12.0 Å². The lowest BCUT2D eigenvalue weighted by Crippen LogP contribution is -2.47. The Kier molecular flexibility index (Phi) is 8.37. The summed E-state index contributed by atoms with van der Waals surface area (Å²) in [6.07, 6.45) is 0.393. The van der Waals surface area contributed by atoms with Gasteiger partial charge in [-0.25, -0.2) is 4.79 Å². The van der Waals surface area contributed by atoms with Crippen LogP contribution in [0.25, 0.3) is 0 Å². The average molecular weight is 303 g/mol. The second kappa shape index (κ2) is 9.17. The Morgan fingerprint density at radius 3 is 2.38 bits per heavy atom. The van der Waals surface area contributed by atoms with E-state index in [1.54, 1.807) is 13.8 Å². The van der Waals surface area contributed by atoms with Crippen molar-refractivity contribution in [2.24, 2.45) is 5.41 Å². The molecule has 3 N–H and O–H groups in total. The first-order valence-corrected chi connectivity index (χ1v) is 6.74. The van der Waals surface area contributed by atoms with Gasteiger partial charge in [-0.1, -0.05) is 6.92 Å². The van der Waals surface area contributed by atoms with Gasteiger partial charge in [0.25, 0.3) is 0 Å². The van der Waals surface area contributed by atoms with Crippen molar-refractivity contribution in [3.8, 4) is 0 Å². The lowest BCUT2D eigenvalue weighted by Gasteiger charge is -2.25. The molecule has 3 amide bonds. The van der Waals surface area contributed by atoms with Crippen LogP contribution in [0.5, 0.6) is 0 Å². The molecule has 0 spiro atoms. The van der Waals surface area contributed by atoms with Crippen LogP contribution in [0, 0.1) is 5.41 Å². The van der Waals surface area contributed by atoms with Crippen LogP contribution in [0.15, 0.2) is 0 Å². The number of nitrogens with zero attached hydrogens (tertiary/aromatic N) is 1. The number of rotatable bonds is 9. The van der Waals surface area contributed by atoms with Crippen LogP contribution in [0.3, 0.4) is 0 Å². The highest BCUT2D eigenvalue weighted by atomic mass is 16.5. The van der Waals surface area contributed by atoms with Gasteiger partial charge in [-0.05, 0) is 13.3 Å². The largest absolute Gasteiger partial charge is 0.481 e. The van der Waals surface area contributed by atoms with Crippen LogP contribution >= 0.6 is 0 Å². The van der Waals surface area contributed by atoms with Crippen molar-refractivity contribution in [2.45, 2.75) is 20.3 Å². The number of urea groups is 1. The van der Waals surface area contributed by atoms with Crippen LogP contribution in [0.1, 0.15) is 20.3 Å². The number of likely N-dealkylation sites (N-methyl/N-ethyl adjacent to an activating group) is 1. The van der Waals surface area contributed by atoms with Gasteiger partial charge in [-0.2, -0.15) is 0 Å². The van der Waals surface area contributed by atoms with Crippen molar-refractivity contribution in [3.05, 3.63) is 0 Å². The smallest absolute Gasteiger partial charge is 0.317 e. The van der Waals surface area contributed by atoms with E-state index in [4.69, 9.17) is 9.84 Å². The van der Waals surface area contributed by atoms with E-state index in [9.17, 15) is 14.4 Å². The number of amides is 3. The van der Waals surface area contributed by atoms with Crippen molar-refractivity contribution in [2.75, 3.05) is 40.4 Å². The Bertz CT molecular complexity index is 375. The van der Waals surface area contributed by atoms with Gasteiger partial charge < -0.3 is 25.4 Å². The molecule has 0 heterocycles. The topological polar surface area (TPSA) is 108 Å². The third-order valence-corrected chi connectivity index (χ3v) is 3.28. The Labute approximate surface area is 124 Å². The van der Waals surface area contributed by atoms with Crippen LogP contribution in [0.2, 0.25) is 0 Å². The number of carboxylic acid groups (broad SMARTS) is 1. The molecule has 0 aliphatic rings. The number of carbonyl (C=O) groups excluding carboxylic acids is 2. The van der Waals surface area contributed by atoms with Crippen molar-refractivity contribution >= 4 is 17.9 Å². The van der Waals surface area contributed by atoms with E-state index in [1.807, 2.05) is 0 Å². The predicted molar refractivity (Wildman–Crippen MR) is 76.9 cm³/mol. The maximum absolute atomic E-state index is 11.8. The number of nitrogens with one attached hydrogen (secondary N) is 2. The van der Waals surface area contributed by atoms with E-state index >= 15 is 0 Å². The fraction of sp³-hybridized carbons (Fsp3) is 0.769. The van der Waals surface area contributed by atoms with E-state index in [0.717, 1.165) is 0 Å². The van der Waals surface area contributed by atoms with E-state index in [1.165, 1.54) is 19.1 Å². The van der Waals surface area contributed by atoms with Gasteiger partial charge in [0.2, 0.25) is 5.91 Å². The molecule has 0 saturated heterocycles. The van der Waals surface area contributed by atoms with Crippen LogP contribution in [-0.4, -0.2) is 68.3 Å². The first-order valence-electron chi connectivity index (χ1n) is 6.74. The lowest BCUT2D eigenvalue weighted by atomic mass is 9.88. The first-order chi connectivity index (χ1) is 9.76. The zero-order chi connectivity index (χ0) is 16.5. The maximum atomic E-state index is 11.8. The fourth-order valence-corrected chi connectivity index (χ4v) is 1.39. The molecule has 0 aromatic rings. The second-order valence-corrected chi connectivity index (χ2v) is 5.08. The molecule has 122 valence electrons. The van der Waals surface area contributed by atoms with E-state index in [-0.39, 0.29) is 19.0 Å². The van der Waals surface area contributed by atoms with Crippen molar-refractivity contribution in [1.82, 2.24) is 15.5 Å². The third kappa shape index (κ3) is 6.94. The van der Waals surface area contributed by atoms with Crippen LogP contribution in [0.4, 0.5) is 4.79 Å². The highest BCUT2D eigenvalue weighted by molar-refractivity contribution is 5.84. The standard InChI is InChI=1S/C13H25N3O5/c1-5-13(2,11(18)19)9-15-12(20)16(3)8-10(17)14-6-7-21-4/h5-9H2,1-4H3,(H,14,17)(H,15,20)(H,18,19). The quantitative estimate of drug-likeness (QED) is 0.515. The minimum Gasteiger partial charge on any atom is -0.481 e. The average Bonchev–Trinajstić information content (AvgIpc) is 2.44. The lowest BCUT2D eigenvalue weighted by molar-refractivity contribution is -0.147. The SMILES string of the molecule is CCC(C)(CNC(=O)N(C)CC(=O)NCCOC)C(=O)O. The molecule has 0 radical (unpaired) electrons. The number of hydrogen-bond donors (Lipinski definition) is 3. The summed E-state index contributed by atoms with van der Waals surface area (Å²) in [4.78, 5) is 35.6. The molecule has 8 heteroatoms. The minimum absolute atomic E-state index is 0.00724. The molecule has 0 aromatic carbocycles. The summed E-state index contributed by atoms with van der Waals surface area (Å²) >= 11 is 0. The Hall–Kier alpha value is -1.83. The van der Waals surface area contributed by atoms with Gasteiger partial charge in [0, 0.05) is 27.2 Å². The number of methoxy groups -OCH3 is 1. The molecular formula is C13H25N3O5. The first kappa shape index (κ1) is 19.2. The monoisotopic (exact) mass is 303 g/mol. The number of carboxylic acids is 1. The maximum Gasteiger partial charge on any atom is 0.317 e. The molecule has 21 heavy (non-hydrogen) atoms. The summed E-state index contributed by atoms with van der Waals surface area (Å²) < 4.78 is 4.79. The molecule has 1 atom stereocenters. The number of hydrogen-bond acceptors (Lipinski definition) is 4. The van der Waals surface area contributed by atoms with E-state index < -0.39 is 17.4 Å². The van der Waals surface area contributed by atoms with Crippen molar-refractivity contribution in [1.29, 1.82) is 0 Å². The molecular weight excluding hydrogens is 278 g/mol. The van der Waals surface area contributed by atoms with Crippen LogP contribution in [-0.2, 0) is 14.3 Å². The molecule has 0 saturated carbocycles. The zero-order valence-electron chi connectivity index (χ0n) is 13.1. The van der Waals surface area contributed by atoms with Crippen molar-refractivity contribution < 1.29 is 24.2 Å². The zero-order valence-corrected chi connectivity index (χ0v) is 13.1. The second-order valence-electron chi connectivity index (χ2n) is 5.08. The van der Waals surface area contributed by atoms with Gasteiger partial charge >= 0.3 is 12.0 Å². The summed E-state index contributed by atoms with van der Waals surface area (Å²) in [5, 5.41) is 14.2. The molecule has 0 rings (SSSR count). The Balaban J connectivity index is 4.22. The summed E-state index contributed by atoms with van der Waals surface area (Å²) in [5.74, 6) is -1.27. The number of ether oxygens (including phenoxy) is 1. The normalized spacial score (nSPS) is 13.1. The highest BCUT2D eigenvalue weighted by Crippen LogP contribution is 2.19. The van der Waals surface area contributed by atoms with Crippen molar-refractivity contribution in [3.63, 3.8) is 0 Å². The predicted octanol–water partition coefficient (Wildman–Crippen LogP) is -0.109. The summed E-state index contributed by atoms with van der Waals surface area (Å²) in [5.41, 5.74) is -1.02. The molecule has 0 aliphatic heterocycles. The molecule has 0 aliphatic carbocycles.